The number of rotatable bonds is 5. The van der Waals surface area contributed by atoms with Gasteiger partial charge in [-0.05, 0) is 19.1 Å². The molecule has 0 unspecified atom stereocenters. The van der Waals surface area contributed by atoms with E-state index in [0.717, 1.165) is 21.2 Å². The molecule has 0 fully saturated rings. The molecule has 7 nitrogen and oxygen atoms in total. The smallest absolute Gasteiger partial charge is 0.293 e. The third kappa shape index (κ3) is 3.85. The Labute approximate surface area is 139 Å². The highest BCUT2D eigenvalue weighted by Crippen LogP contribution is 2.26. The van der Waals surface area contributed by atoms with Gasteiger partial charge in [-0.25, -0.2) is 0 Å². The lowest BCUT2D eigenvalue weighted by Crippen LogP contribution is -2.26. The summed E-state index contributed by atoms with van der Waals surface area (Å²) in [6.07, 6.45) is 0. The summed E-state index contributed by atoms with van der Waals surface area (Å²) in [5.41, 5.74) is 1.56. The molecular weight excluding hydrogens is 336 g/mol. The molecule has 1 amide bonds. The Morgan fingerprint density at radius 3 is 2.39 bits per heavy atom. The van der Waals surface area contributed by atoms with Gasteiger partial charge in [0, 0.05) is 13.0 Å². The maximum absolute atomic E-state index is 12.6. The van der Waals surface area contributed by atoms with Gasteiger partial charge in [0.2, 0.25) is 11.0 Å². The van der Waals surface area contributed by atoms with Crippen molar-refractivity contribution in [3.8, 4) is 0 Å². The van der Waals surface area contributed by atoms with Crippen molar-refractivity contribution in [3.05, 3.63) is 29.8 Å². The number of nitrogens with zero attached hydrogens (tertiary/aromatic N) is 3. The Hall–Kier alpha value is -2.00. The maximum Gasteiger partial charge on any atom is 0.293 e. The highest BCUT2D eigenvalue weighted by Gasteiger charge is 2.26. The van der Waals surface area contributed by atoms with Gasteiger partial charge < -0.3 is 5.32 Å². The van der Waals surface area contributed by atoms with Crippen LogP contribution in [0.25, 0.3) is 0 Å². The first-order chi connectivity index (χ1) is 10.7. The van der Waals surface area contributed by atoms with Gasteiger partial charge in [0.05, 0.1) is 5.69 Å². The topological polar surface area (TPSA) is 92.3 Å². The predicted octanol–water partition coefficient (Wildman–Crippen LogP) is 2.27. The number of aromatic nitrogens is 2. The lowest BCUT2D eigenvalue weighted by Gasteiger charge is -2.17. The first kappa shape index (κ1) is 17.4. The first-order valence-corrected chi connectivity index (χ1v) is 9.17. The molecular formula is C14H18N4O3S2. The van der Waals surface area contributed by atoms with Crippen molar-refractivity contribution < 1.29 is 13.2 Å². The zero-order valence-electron chi connectivity index (χ0n) is 13.3. The second kappa shape index (κ2) is 6.63. The fourth-order valence-electron chi connectivity index (χ4n) is 1.62. The molecule has 0 aliphatic carbocycles. The highest BCUT2D eigenvalue weighted by molar-refractivity contribution is 7.94. The molecule has 1 aromatic carbocycles. The van der Waals surface area contributed by atoms with Gasteiger partial charge in [-0.1, -0.05) is 42.9 Å². The highest BCUT2D eigenvalue weighted by atomic mass is 32.2. The average Bonchev–Trinajstić information content (AvgIpc) is 2.96. The molecule has 2 aromatic rings. The van der Waals surface area contributed by atoms with Crippen LogP contribution >= 0.6 is 11.3 Å². The summed E-state index contributed by atoms with van der Waals surface area (Å²) < 4.78 is 26.1. The minimum absolute atomic E-state index is 0.166. The molecule has 9 heteroatoms. The number of hydrogen-bond donors (Lipinski definition) is 1. The maximum atomic E-state index is 12.6. The van der Waals surface area contributed by atoms with Gasteiger partial charge >= 0.3 is 0 Å². The van der Waals surface area contributed by atoms with Crippen molar-refractivity contribution in [2.75, 3.05) is 16.7 Å². The van der Waals surface area contributed by atoms with Crippen LogP contribution in [0.3, 0.4) is 0 Å². The summed E-state index contributed by atoms with van der Waals surface area (Å²) in [5, 5.41) is 10.1. The Kier molecular flexibility index (Phi) is 5.00. The van der Waals surface area contributed by atoms with Crippen LogP contribution in [0.5, 0.6) is 0 Å². The molecule has 0 spiro atoms. The summed E-state index contributed by atoms with van der Waals surface area (Å²) in [7, 11) is -2.36. The molecule has 0 aliphatic heterocycles. The van der Waals surface area contributed by atoms with Gasteiger partial charge in [-0.15, -0.1) is 10.2 Å². The van der Waals surface area contributed by atoms with Gasteiger partial charge in [-0.2, -0.15) is 8.42 Å². The molecule has 0 saturated heterocycles. The van der Waals surface area contributed by atoms with Crippen LogP contribution in [-0.2, 0) is 14.8 Å². The van der Waals surface area contributed by atoms with E-state index in [0.29, 0.717) is 5.69 Å². The van der Waals surface area contributed by atoms with Gasteiger partial charge in [0.15, 0.2) is 0 Å². The van der Waals surface area contributed by atoms with Crippen LogP contribution in [0, 0.1) is 12.8 Å². The van der Waals surface area contributed by atoms with E-state index in [1.807, 2.05) is 19.1 Å². The molecule has 1 N–H and O–H groups in total. The number of nitrogens with one attached hydrogen (secondary N) is 1. The molecule has 2 rings (SSSR count). The summed E-state index contributed by atoms with van der Waals surface area (Å²) in [4.78, 5) is 11.6. The number of sulfonamides is 1. The fraction of sp³-hybridized carbons (Fsp3) is 0.357. The third-order valence-electron chi connectivity index (χ3n) is 3.14. The Morgan fingerprint density at radius 2 is 1.83 bits per heavy atom. The zero-order chi connectivity index (χ0) is 17.2. The van der Waals surface area contributed by atoms with Gasteiger partial charge in [-0.3, -0.25) is 9.10 Å². The normalized spacial score (nSPS) is 11.5. The van der Waals surface area contributed by atoms with E-state index < -0.39 is 10.0 Å². The molecule has 124 valence electrons. The number of benzene rings is 1. The molecule has 23 heavy (non-hydrogen) atoms. The quantitative estimate of drug-likeness (QED) is 0.832. The van der Waals surface area contributed by atoms with Crippen LogP contribution in [0.4, 0.5) is 10.8 Å². The zero-order valence-corrected chi connectivity index (χ0v) is 14.9. The van der Waals surface area contributed by atoms with Crippen molar-refractivity contribution in [1.82, 2.24) is 10.2 Å². The predicted molar refractivity (Wildman–Crippen MR) is 90.1 cm³/mol. The molecule has 0 saturated carbocycles. The monoisotopic (exact) mass is 354 g/mol. The largest absolute Gasteiger partial charge is 0.300 e. The van der Waals surface area contributed by atoms with Crippen LogP contribution in [-0.4, -0.2) is 31.6 Å². The lowest BCUT2D eigenvalue weighted by molar-refractivity contribution is -0.118. The van der Waals surface area contributed by atoms with E-state index >= 15 is 0 Å². The summed E-state index contributed by atoms with van der Waals surface area (Å²) >= 11 is 0.828. The number of carbonyl (C=O) groups excluding carboxylic acids is 1. The first-order valence-electron chi connectivity index (χ1n) is 6.92. The minimum atomic E-state index is -3.81. The number of hydrogen-bond acceptors (Lipinski definition) is 6. The third-order valence-corrected chi connectivity index (χ3v) is 6.11. The Balaban J connectivity index is 2.24. The number of aryl methyl sites for hydroxylation is 1. The van der Waals surface area contributed by atoms with Crippen LogP contribution < -0.4 is 9.62 Å². The summed E-state index contributed by atoms with van der Waals surface area (Å²) in [5.74, 6) is -0.467. The molecule has 1 heterocycles. The number of anilines is 2. The lowest BCUT2D eigenvalue weighted by atomic mass is 10.2. The van der Waals surface area contributed by atoms with Crippen LogP contribution in [0.15, 0.2) is 28.6 Å². The van der Waals surface area contributed by atoms with E-state index in [9.17, 15) is 13.2 Å². The van der Waals surface area contributed by atoms with Gasteiger partial charge in [0.25, 0.3) is 14.4 Å². The fourth-order valence-corrected chi connectivity index (χ4v) is 3.88. The van der Waals surface area contributed by atoms with Crippen molar-refractivity contribution in [3.63, 3.8) is 0 Å². The van der Waals surface area contributed by atoms with Crippen molar-refractivity contribution in [2.45, 2.75) is 25.1 Å². The van der Waals surface area contributed by atoms with Gasteiger partial charge in [0.1, 0.15) is 0 Å². The standard InChI is InChI=1S/C14H18N4O3S2/c1-9(2)12(19)15-13-16-17-14(22-13)23(20,21)18(4)11-7-5-10(3)6-8-11/h5-9H,1-4H3,(H,15,16,19). The van der Waals surface area contributed by atoms with Crippen molar-refractivity contribution in [1.29, 1.82) is 0 Å². The molecule has 0 radical (unpaired) electrons. The van der Waals surface area contributed by atoms with Crippen molar-refractivity contribution >= 4 is 38.1 Å². The second-order valence-electron chi connectivity index (χ2n) is 5.33. The summed E-state index contributed by atoms with van der Waals surface area (Å²) in [6, 6.07) is 7.09. The van der Waals surface area contributed by atoms with Crippen LogP contribution in [0.2, 0.25) is 0 Å². The van der Waals surface area contributed by atoms with E-state index in [2.05, 4.69) is 15.5 Å². The Bertz CT molecular complexity index is 798. The van der Waals surface area contributed by atoms with Crippen LogP contribution in [0.1, 0.15) is 19.4 Å². The van der Waals surface area contributed by atoms with Crippen molar-refractivity contribution in [2.24, 2.45) is 5.92 Å². The SMILES string of the molecule is Cc1ccc(N(C)S(=O)(=O)c2nnc(NC(=O)C(C)C)s2)cc1. The van der Waals surface area contributed by atoms with E-state index in [4.69, 9.17) is 0 Å². The average molecular weight is 354 g/mol. The van der Waals surface area contributed by atoms with E-state index in [-0.39, 0.29) is 21.3 Å². The Morgan fingerprint density at radius 1 is 1.22 bits per heavy atom. The van der Waals surface area contributed by atoms with E-state index in [1.165, 1.54) is 7.05 Å². The molecule has 0 atom stereocenters. The molecule has 0 bridgehead atoms. The second-order valence-corrected chi connectivity index (χ2v) is 8.45. The molecule has 1 aromatic heterocycles. The minimum Gasteiger partial charge on any atom is -0.300 e. The van der Waals surface area contributed by atoms with E-state index in [1.54, 1.807) is 26.0 Å². The summed E-state index contributed by atoms with van der Waals surface area (Å²) in [6.45, 7) is 5.39. The molecule has 0 aliphatic rings. The number of amides is 1. The number of carbonyl (C=O) groups is 1.